The molecule has 20 heavy (non-hydrogen) atoms. The fraction of sp³-hybridized carbons (Fsp3) is 0.786. The van der Waals surface area contributed by atoms with Crippen molar-refractivity contribution in [1.29, 1.82) is 0 Å². The number of rotatable bonds is 4. The zero-order chi connectivity index (χ0) is 15.8. The maximum absolute atomic E-state index is 12.2. The van der Waals surface area contributed by atoms with Crippen molar-refractivity contribution in [2.24, 2.45) is 5.41 Å². The SMILES string of the molecule is C[CH]C1(C(=O)OCC)CC(C(=O)O)(C(C)(C)C)N(C)N1. The molecule has 1 aliphatic rings. The number of aliphatic carboxylic acids is 1. The summed E-state index contributed by atoms with van der Waals surface area (Å²) in [6, 6.07) is 0. The Morgan fingerprint density at radius 2 is 2.00 bits per heavy atom. The van der Waals surface area contributed by atoms with Crippen molar-refractivity contribution in [3.8, 4) is 0 Å². The molecule has 2 N–H and O–H groups in total. The fourth-order valence-corrected chi connectivity index (χ4v) is 2.93. The van der Waals surface area contributed by atoms with Crippen LogP contribution in [-0.4, -0.2) is 46.8 Å². The van der Waals surface area contributed by atoms with Gasteiger partial charge < -0.3 is 9.84 Å². The third kappa shape index (κ3) is 2.31. The number of ether oxygens (including phenoxy) is 1. The van der Waals surface area contributed by atoms with Crippen molar-refractivity contribution >= 4 is 11.9 Å². The lowest BCUT2D eigenvalue weighted by Crippen LogP contribution is -2.59. The van der Waals surface area contributed by atoms with Crippen LogP contribution in [0.3, 0.4) is 0 Å². The molecule has 1 heterocycles. The second kappa shape index (κ2) is 5.33. The summed E-state index contributed by atoms with van der Waals surface area (Å²) in [5.74, 6) is -1.39. The minimum atomic E-state index is -1.19. The van der Waals surface area contributed by atoms with Gasteiger partial charge in [-0.3, -0.25) is 4.79 Å². The van der Waals surface area contributed by atoms with Crippen molar-refractivity contribution in [3.63, 3.8) is 0 Å². The fourth-order valence-electron chi connectivity index (χ4n) is 2.93. The van der Waals surface area contributed by atoms with E-state index in [-0.39, 0.29) is 13.0 Å². The molecular weight excluding hydrogens is 260 g/mol. The lowest BCUT2D eigenvalue weighted by atomic mass is 9.68. The first-order chi connectivity index (χ1) is 9.07. The van der Waals surface area contributed by atoms with Gasteiger partial charge in [-0.15, -0.1) is 0 Å². The Balaban J connectivity index is 3.28. The Morgan fingerprint density at radius 3 is 2.30 bits per heavy atom. The van der Waals surface area contributed by atoms with Crippen LogP contribution in [0.5, 0.6) is 0 Å². The Hall–Kier alpha value is -1.14. The molecule has 115 valence electrons. The molecule has 6 heteroatoms. The number of hydrogen-bond acceptors (Lipinski definition) is 5. The standard InChI is InChI=1S/C14H25N2O4/c1-7-13(11(19)20-8-2)9-14(10(17)18,12(3,4)5)16(6)15-13/h7,15H,8-9H2,1-6H3,(H,17,18). The first-order valence-electron chi connectivity index (χ1n) is 6.80. The first kappa shape index (κ1) is 16.9. The van der Waals surface area contributed by atoms with Crippen LogP contribution in [0.1, 0.15) is 41.0 Å². The Morgan fingerprint density at radius 1 is 1.45 bits per heavy atom. The molecule has 1 radical (unpaired) electrons. The predicted molar refractivity (Wildman–Crippen MR) is 74.7 cm³/mol. The number of esters is 1. The lowest BCUT2D eigenvalue weighted by Gasteiger charge is -2.42. The van der Waals surface area contributed by atoms with E-state index in [1.165, 1.54) is 5.01 Å². The number of carbonyl (C=O) groups excluding carboxylic acids is 1. The molecule has 0 amide bonds. The zero-order valence-electron chi connectivity index (χ0n) is 13.1. The van der Waals surface area contributed by atoms with E-state index in [4.69, 9.17) is 4.74 Å². The van der Waals surface area contributed by atoms with E-state index in [1.807, 2.05) is 20.8 Å². The van der Waals surface area contributed by atoms with Crippen molar-refractivity contribution in [1.82, 2.24) is 10.4 Å². The van der Waals surface area contributed by atoms with Gasteiger partial charge in [-0.25, -0.2) is 15.2 Å². The summed E-state index contributed by atoms with van der Waals surface area (Å²) in [5, 5.41) is 11.3. The highest BCUT2D eigenvalue weighted by Crippen LogP contribution is 2.46. The van der Waals surface area contributed by atoms with Crippen LogP contribution in [0.4, 0.5) is 0 Å². The van der Waals surface area contributed by atoms with Crippen LogP contribution >= 0.6 is 0 Å². The van der Waals surface area contributed by atoms with Gasteiger partial charge in [-0.1, -0.05) is 27.7 Å². The lowest BCUT2D eigenvalue weighted by molar-refractivity contribution is -0.157. The second-order valence-electron chi connectivity index (χ2n) is 6.24. The van der Waals surface area contributed by atoms with E-state index in [9.17, 15) is 14.7 Å². The molecule has 0 aromatic carbocycles. The molecular formula is C14H25N2O4. The monoisotopic (exact) mass is 285 g/mol. The van der Waals surface area contributed by atoms with Crippen LogP contribution in [0, 0.1) is 11.8 Å². The Bertz CT molecular complexity index is 404. The van der Waals surface area contributed by atoms with E-state index in [2.05, 4.69) is 5.43 Å². The third-order valence-electron chi connectivity index (χ3n) is 4.20. The molecule has 0 saturated carbocycles. The number of carbonyl (C=O) groups is 2. The highest BCUT2D eigenvalue weighted by molar-refractivity contribution is 5.88. The molecule has 0 aromatic rings. The van der Waals surface area contributed by atoms with Gasteiger partial charge in [0.25, 0.3) is 0 Å². The Kier molecular flexibility index (Phi) is 4.51. The third-order valence-corrected chi connectivity index (χ3v) is 4.20. The normalized spacial score (nSPS) is 31.3. The predicted octanol–water partition coefficient (Wildman–Crippen LogP) is 1.22. The topological polar surface area (TPSA) is 78.9 Å². The molecule has 1 rings (SSSR count). The van der Waals surface area contributed by atoms with E-state index in [1.54, 1.807) is 27.3 Å². The van der Waals surface area contributed by atoms with Gasteiger partial charge in [0.05, 0.1) is 6.61 Å². The molecule has 1 fully saturated rings. The summed E-state index contributed by atoms with van der Waals surface area (Å²) >= 11 is 0. The minimum absolute atomic E-state index is 0.130. The van der Waals surface area contributed by atoms with Gasteiger partial charge in [0, 0.05) is 13.5 Å². The maximum atomic E-state index is 12.2. The van der Waals surface area contributed by atoms with Gasteiger partial charge in [0.15, 0.2) is 0 Å². The summed E-state index contributed by atoms with van der Waals surface area (Å²) in [4.78, 5) is 24.2. The van der Waals surface area contributed by atoms with Crippen LogP contribution < -0.4 is 5.43 Å². The quantitative estimate of drug-likeness (QED) is 0.756. The number of hydrogen-bond donors (Lipinski definition) is 2. The molecule has 2 unspecified atom stereocenters. The van der Waals surface area contributed by atoms with Gasteiger partial charge in [-0.05, 0) is 18.8 Å². The number of nitrogens with one attached hydrogen (secondary N) is 1. The van der Waals surface area contributed by atoms with Crippen LogP contribution in [0.25, 0.3) is 0 Å². The number of carboxylic acids is 1. The van der Waals surface area contributed by atoms with E-state index in [0.717, 1.165) is 0 Å². The van der Waals surface area contributed by atoms with Crippen molar-refractivity contribution in [3.05, 3.63) is 6.42 Å². The zero-order valence-corrected chi connectivity index (χ0v) is 13.1. The van der Waals surface area contributed by atoms with Crippen LogP contribution in [0.2, 0.25) is 0 Å². The number of nitrogens with zero attached hydrogens (tertiary/aromatic N) is 1. The molecule has 6 nitrogen and oxygen atoms in total. The van der Waals surface area contributed by atoms with E-state index >= 15 is 0 Å². The molecule has 2 atom stereocenters. The van der Waals surface area contributed by atoms with Crippen molar-refractivity contribution in [2.75, 3.05) is 13.7 Å². The molecule has 1 aliphatic heterocycles. The maximum Gasteiger partial charge on any atom is 0.328 e. The molecule has 0 aliphatic carbocycles. The largest absolute Gasteiger partial charge is 0.480 e. The van der Waals surface area contributed by atoms with Crippen molar-refractivity contribution in [2.45, 2.75) is 52.1 Å². The minimum Gasteiger partial charge on any atom is -0.480 e. The van der Waals surface area contributed by atoms with Gasteiger partial charge in [0.2, 0.25) is 0 Å². The van der Waals surface area contributed by atoms with E-state index < -0.39 is 28.4 Å². The number of likely N-dealkylation sites (N-methyl/N-ethyl adjacent to an activating group) is 1. The smallest absolute Gasteiger partial charge is 0.328 e. The summed E-state index contributed by atoms with van der Waals surface area (Å²) in [6.07, 6.45) is 1.81. The molecule has 0 bridgehead atoms. The molecule has 0 spiro atoms. The van der Waals surface area contributed by atoms with Gasteiger partial charge in [-0.2, -0.15) is 0 Å². The average molecular weight is 285 g/mol. The average Bonchev–Trinajstić information content (AvgIpc) is 2.64. The van der Waals surface area contributed by atoms with Crippen LogP contribution in [0.15, 0.2) is 0 Å². The van der Waals surface area contributed by atoms with Crippen molar-refractivity contribution < 1.29 is 19.4 Å². The summed E-state index contributed by atoms with van der Waals surface area (Å²) < 4.78 is 5.10. The molecule has 0 aromatic heterocycles. The summed E-state index contributed by atoms with van der Waals surface area (Å²) in [5.41, 5.74) is 0.156. The summed E-state index contributed by atoms with van der Waals surface area (Å²) in [6.45, 7) is 9.30. The highest BCUT2D eigenvalue weighted by atomic mass is 16.5. The Labute approximate surface area is 120 Å². The number of carboxylic acid groups (broad SMARTS) is 1. The summed E-state index contributed by atoms with van der Waals surface area (Å²) in [7, 11) is 1.66. The van der Waals surface area contributed by atoms with Gasteiger partial charge in [0.1, 0.15) is 11.1 Å². The van der Waals surface area contributed by atoms with Gasteiger partial charge >= 0.3 is 11.9 Å². The second-order valence-corrected chi connectivity index (χ2v) is 6.24. The molecule has 1 saturated heterocycles. The highest BCUT2D eigenvalue weighted by Gasteiger charge is 2.64. The van der Waals surface area contributed by atoms with E-state index in [0.29, 0.717) is 0 Å². The number of hydrazine groups is 1. The van der Waals surface area contributed by atoms with Crippen LogP contribution in [-0.2, 0) is 14.3 Å². The first-order valence-corrected chi connectivity index (χ1v) is 6.80.